The van der Waals surface area contributed by atoms with Gasteiger partial charge in [-0.25, -0.2) is 8.42 Å². The smallest absolute Gasteiger partial charge is 0.496 e. The van der Waals surface area contributed by atoms with Crippen LogP contribution in [0.25, 0.3) is 0 Å². The molecule has 29 heavy (non-hydrogen) atoms. The molecule has 1 aliphatic heterocycles. The quantitative estimate of drug-likeness (QED) is 0.527. The van der Waals surface area contributed by atoms with Crippen LogP contribution in [0, 0.1) is 6.92 Å². The van der Waals surface area contributed by atoms with Gasteiger partial charge in [-0.15, -0.1) is 0 Å². The van der Waals surface area contributed by atoms with Crippen LogP contribution in [0.4, 0.5) is 13.2 Å². The molecular weight excluding hydrogens is 409 g/mol. The molecule has 0 atom stereocenters. The van der Waals surface area contributed by atoms with E-state index in [4.69, 9.17) is 4.74 Å². The monoisotopic (exact) mass is 436 g/mol. The molecule has 11 heteroatoms. The second kappa shape index (κ2) is 9.66. The first-order valence-electron chi connectivity index (χ1n) is 9.25. The predicted molar refractivity (Wildman–Crippen MR) is 106 cm³/mol. The van der Waals surface area contributed by atoms with E-state index in [1.807, 2.05) is 25.1 Å². The lowest BCUT2D eigenvalue weighted by Crippen LogP contribution is -2.51. The van der Waals surface area contributed by atoms with Crippen molar-refractivity contribution in [3.8, 4) is 5.75 Å². The minimum absolute atomic E-state index is 0.158. The number of rotatable bonds is 6. The second-order valence-electron chi connectivity index (χ2n) is 6.83. The fourth-order valence-corrected chi connectivity index (χ4v) is 4.18. The van der Waals surface area contributed by atoms with Gasteiger partial charge < -0.3 is 15.4 Å². The number of halogens is 3. The van der Waals surface area contributed by atoms with Crippen LogP contribution in [0.5, 0.6) is 5.75 Å². The fourth-order valence-electron chi connectivity index (χ4n) is 3.19. The molecule has 1 aromatic rings. The molecule has 1 saturated heterocycles. The summed E-state index contributed by atoms with van der Waals surface area (Å²) in [6.45, 7) is 2.22. The van der Waals surface area contributed by atoms with Gasteiger partial charge in [0.1, 0.15) is 5.75 Å². The Kier molecular flexibility index (Phi) is 7.75. The number of nitrogens with one attached hydrogen (secondary N) is 2. The van der Waals surface area contributed by atoms with Crippen LogP contribution in [0.1, 0.15) is 24.0 Å². The standard InChI is InChI=1S/C18H27F3N4O3S/c1-13-4-5-16(28-3)14(12-13)6-9-23-17(22-2)24-15-7-10-25(11-8-15)29(26,27)18(19,20)21/h4-5,12,15H,6-11H2,1-3H3,(H2,22,23,24). The maximum atomic E-state index is 12.7. The van der Waals surface area contributed by atoms with E-state index in [-0.39, 0.29) is 32.0 Å². The zero-order valence-corrected chi connectivity index (χ0v) is 17.5. The van der Waals surface area contributed by atoms with E-state index in [0.717, 1.165) is 16.9 Å². The Morgan fingerprint density at radius 1 is 1.31 bits per heavy atom. The summed E-state index contributed by atoms with van der Waals surface area (Å²) in [4.78, 5) is 4.13. The average molecular weight is 437 g/mol. The Bertz CT molecular complexity index is 820. The molecule has 0 bridgehead atoms. The van der Waals surface area contributed by atoms with Crippen molar-refractivity contribution >= 4 is 16.0 Å². The molecule has 0 amide bonds. The summed E-state index contributed by atoms with van der Waals surface area (Å²) in [6.07, 6.45) is 1.23. The van der Waals surface area contributed by atoms with Crippen molar-refractivity contribution in [1.82, 2.24) is 14.9 Å². The first-order chi connectivity index (χ1) is 13.6. The highest BCUT2D eigenvalue weighted by molar-refractivity contribution is 7.90. The van der Waals surface area contributed by atoms with Gasteiger partial charge >= 0.3 is 15.5 Å². The number of aryl methyl sites for hydroxylation is 1. The van der Waals surface area contributed by atoms with Gasteiger partial charge in [-0.3, -0.25) is 4.99 Å². The maximum absolute atomic E-state index is 12.7. The van der Waals surface area contributed by atoms with Crippen LogP contribution in [0.3, 0.4) is 0 Å². The van der Waals surface area contributed by atoms with Gasteiger partial charge in [-0.1, -0.05) is 17.7 Å². The van der Waals surface area contributed by atoms with Crippen molar-refractivity contribution in [3.63, 3.8) is 0 Å². The van der Waals surface area contributed by atoms with Crippen molar-refractivity contribution in [2.24, 2.45) is 4.99 Å². The third-order valence-corrected chi connectivity index (χ3v) is 6.40. The number of benzene rings is 1. The van der Waals surface area contributed by atoms with Gasteiger partial charge in [-0.2, -0.15) is 17.5 Å². The maximum Gasteiger partial charge on any atom is 0.511 e. The summed E-state index contributed by atoms with van der Waals surface area (Å²) < 4.78 is 66.8. The molecule has 0 spiro atoms. The van der Waals surface area contributed by atoms with Crippen molar-refractivity contribution in [2.45, 2.75) is 37.7 Å². The highest BCUT2D eigenvalue weighted by atomic mass is 32.2. The van der Waals surface area contributed by atoms with Gasteiger partial charge in [0, 0.05) is 32.7 Å². The summed E-state index contributed by atoms with van der Waals surface area (Å²) in [5.74, 6) is 1.33. The number of hydrogen-bond acceptors (Lipinski definition) is 4. The van der Waals surface area contributed by atoms with Gasteiger partial charge in [-0.05, 0) is 37.8 Å². The molecule has 1 aliphatic rings. The Morgan fingerprint density at radius 2 is 1.97 bits per heavy atom. The molecule has 2 N–H and O–H groups in total. The van der Waals surface area contributed by atoms with Gasteiger partial charge in [0.15, 0.2) is 5.96 Å². The zero-order valence-electron chi connectivity index (χ0n) is 16.7. The zero-order chi connectivity index (χ0) is 21.7. The number of methoxy groups -OCH3 is 1. The Hall–Kier alpha value is -2.01. The summed E-state index contributed by atoms with van der Waals surface area (Å²) in [7, 11) is -2.04. The number of sulfonamides is 1. The van der Waals surface area contributed by atoms with E-state index < -0.39 is 15.5 Å². The highest BCUT2D eigenvalue weighted by Crippen LogP contribution is 2.29. The lowest BCUT2D eigenvalue weighted by molar-refractivity contribution is -0.0494. The van der Waals surface area contributed by atoms with E-state index in [9.17, 15) is 21.6 Å². The van der Waals surface area contributed by atoms with Gasteiger partial charge in [0.05, 0.1) is 7.11 Å². The summed E-state index contributed by atoms with van der Waals surface area (Å²) >= 11 is 0. The van der Waals surface area contributed by atoms with Crippen LogP contribution < -0.4 is 15.4 Å². The SMILES string of the molecule is CN=C(NCCc1cc(C)ccc1OC)NC1CCN(S(=O)(=O)C(F)(F)F)CC1. The van der Waals surface area contributed by atoms with E-state index in [1.165, 1.54) is 0 Å². The lowest BCUT2D eigenvalue weighted by Gasteiger charge is -2.32. The molecule has 1 fully saturated rings. The van der Waals surface area contributed by atoms with Crippen LogP contribution in [0.15, 0.2) is 23.2 Å². The third kappa shape index (κ3) is 5.99. The Labute approximate surface area is 169 Å². The van der Waals surface area contributed by atoms with E-state index in [1.54, 1.807) is 14.2 Å². The fraction of sp³-hybridized carbons (Fsp3) is 0.611. The van der Waals surface area contributed by atoms with Crippen molar-refractivity contribution in [1.29, 1.82) is 0 Å². The van der Waals surface area contributed by atoms with Crippen molar-refractivity contribution in [2.75, 3.05) is 33.8 Å². The molecule has 0 radical (unpaired) electrons. The highest BCUT2D eigenvalue weighted by Gasteiger charge is 2.50. The lowest BCUT2D eigenvalue weighted by atomic mass is 10.1. The number of aliphatic imine (C=N–C) groups is 1. The molecule has 7 nitrogen and oxygen atoms in total. The Morgan fingerprint density at radius 3 is 2.52 bits per heavy atom. The van der Waals surface area contributed by atoms with Gasteiger partial charge in [0.25, 0.3) is 0 Å². The summed E-state index contributed by atoms with van der Waals surface area (Å²) in [5.41, 5.74) is -3.08. The molecule has 0 saturated carbocycles. The molecule has 2 rings (SSSR count). The third-order valence-electron chi connectivity index (χ3n) is 4.77. The van der Waals surface area contributed by atoms with Crippen molar-refractivity contribution in [3.05, 3.63) is 29.3 Å². The summed E-state index contributed by atoms with van der Waals surface area (Å²) in [6, 6.07) is 5.78. The molecule has 0 aliphatic carbocycles. The number of guanidine groups is 1. The topological polar surface area (TPSA) is 83.0 Å². The van der Waals surface area contributed by atoms with Crippen LogP contribution >= 0.6 is 0 Å². The van der Waals surface area contributed by atoms with E-state index in [2.05, 4.69) is 15.6 Å². The molecule has 1 heterocycles. The van der Waals surface area contributed by atoms with E-state index in [0.29, 0.717) is 23.2 Å². The number of hydrogen-bond donors (Lipinski definition) is 2. The van der Waals surface area contributed by atoms with Crippen LogP contribution in [0.2, 0.25) is 0 Å². The number of nitrogens with zero attached hydrogens (tertiary/aromatic N) is 2. The number of piperidine rings is 1. The predicted octanol–water partition coefficient (Wildman–Crippen LogP) is 2.03. The summed E-state index contributed by atoms with van der Waals surface area (Å²) in [5, 5.41) is 6.32. The minimum Gasteiger partial charge on any atom is -0.496 e. The first kappa shape index (κ1) is 23.3. The van der Waals surface area contributed by atoms with Crippen LogP contribution in [-0.2, 0) is 16.4 Å². The van der Waals surface area contributed by atoms with Gasteiger partial charge in [0.2, 0.25) is 0 Å². The normalized spacial score (nSPS) is 17.2. The minimum atomic E-state index is -5.26. The van der Waals surface area contributed by atoms with E-state index >= 15 is 0 Å². The van der Waals surface area contributed by atoms with Crippen LogP contribution in [-0.4, -0.2) is 64.0 Å². The second-order valence-corrected chi connectivity index (χ2v) is 8.76. The number of alkyl halides is 3. The molecule has 0 aromatic heterocycles. The van der Waals surface area contributed by atoms with Crippen molar-refractivity contribution < 1.29 is 26.3 Å². The molecule has 0 unspecified atom stereocenters. The first-order valence-corrected chi connectivity index (χ1v) is 10.7. The molecule has 164 valence electrons. The molecular formula is C18H27F3N4O3S. The largest absolute Gasteiger partial charge is 0.511 e. The molecule has 1 aromatic carbocycles. The number of ether oxygens (including phenoxy) is 1. The average Bonchev–Trinajstić information content (AvgIpc) is 2.67. The Balaban J connectivity index is 1.84.